The fraction of sp³-hybridized carbons (Fsp3) is 0.846. The molecule has 1 heterocycles. The van der Waals surface area contributed by atoms with Crippen LogP contribution in [0.4, 0.5) is 0 Å². The van der Waals surface area contributed by atoms with Crippen molar-refractivity contribution >= 4 is 5.91 Å². The second-order valence-corrected chi connectivity index (χ2v) is 4.79. The molecule has 4 nitrogen and oxygen atoms in total. The standard InChI is InChI=1S/C13H22N2O2/c1-4-13(5-2,9-14)12(16)15-10(3)11-6-7-17-8-11/h10-11H,4-8H2,1-3H3,(H,15,16). The molecular weight excluding hydrogens is 216 g/mol. The summed E-state index contributed by atoms with van der Waals surface area (Å²) < 4.78 is 5.31. The van der Waals surface area contributed by atoms with Crippen LogP contribution in [0, 0.1) is 22.7 Å². The van der Waals surface area contributed by atoms with Gasteiger partial charge in [0.05, 0.1) is 12.7 Å². The Kier molecular flexibility index (Phi) is 4.95. The molecule has 1 amide bonds. The number of hydrogen-bond donors (Lipinski definition) is 1. The highest BCUT2D eigenvalue weighted by molar-refractivity contribution is 5.85. The summed E-state index contributed by atoms with van der Waals surface area (Å²) in [4.78, 5) is 12.2. The Morgan fingerprint density at radius 1 is 1.59 bits per heavy atom. The molecule has 2 atom stereocenters. The minimum Gasteiger partial charge on any atom is -0.381 e. The van der Waals surface area contributed by atoms with E-state index in [9.17, 15) is 10.1 Å². The molecule has 0 aromatic heterocycles. The Morgan fingerprint density at radius 2 is 2.24 bits per heavy atom. The molecular formula is C13H22N2O2. The molecule has 1 N–H and O–H groups in total. The highest BCUT2D eigenvalue weighted by Crippen LogP contribution is 2.26. The molecule has 0 spiro atoms. The van der Waals surface area contributed by atoms with E-state index in [0.717, 1.165) is 13.0 Å². The van der Waals surface area contributed by atoms with Gasteiger partial charge in [0.1, 0.15) is 5.41 Å². The van der Waals surface area contributed by atoms with Crippen LogP contribution in [0.3, 0.4) is 0 Å². The smallest absolute Gasteiger partial charge is 0.240 e. The van der Waals surface area contributed by atoms with E-state index in [0.29, 0.717) is 25.4 Å². The van der Waals surface area contributed by atoms with Crippen LogP contribution in [0.2, 0.25) is 0 Å². The van der Waals surface area contributed by atoms with Crippen molar-refractivity contribution in [2.75, 3.05) is 13.2 Å². The van der Waals surface area contributed by atoms with Crippen molar-refractivity contribution in [2.45, 2.75) is 46.1 Å². The summed E-state index contributed by atoms with van der Waals surface area (Å²) in [5.41, 5.74) is -0.867. The van der Waals surface area contributed by atoms with Crippen molar-refractivity contribution in [3.05, 3.63) is 0 Å². The first-order chi connectivity index (χ1) is 8.09. The van der Waals surface area contributed by atoms with Gasteiger partial charge in [-0.1, -0.05) is 13.8 Å². The number of rotatable bonds is 5. The van der Waals surface area contributed by atoms with E-state index in [-0.39, 0.29) is 11.9 Å². The molecule has 0 aliphatic carbocycles. The second-order valence-electron chi connectivity index (χ2n) is 4.79. The highest BCUT2D eigenvalue weighted by Gasteiger charge is 2.36. The molecule has 0 aromatic rings. The molecule has 1 aliphatic heterocycles. The molecule has 17 heavy (non-hydrogen) atoms. The molecule has 1 aliphatic rings. The van der Waals surface area contributed by atoms with Crippen molar-refractivity contribution in [1.82, 2.24) is 5.32 Å². The minimum absolute atomic E-state index is 0.0795. The lowest BCUT2D eigenvalue weighted by molar-refractivity contribution is -0.129. The molecule has 1 saturated heterocycles. The van der Waals surface area contributed by atoms with E-state index < -0.39 is 5.41 Å². The third-order valence-corrected chi connectivity index (χ3v) is 3.89. The molecule has 0 aromatic carbocycles. The monoisotopic (exact) mass is 238 g/mol. The van der Waals surface area contributed by atoms with Gasteiger partial charge in [-0.2, -0.15) is 5.26 Å². The lowest BCUT2D eigenvalue weighted by Gasteiger charge is -2.27. The fourth-order valence-electron chi connectivity index (χ4n) is 2.19. The molecule has 0 bridgehead atoms. The first-order valence-corrected chi connectivity index (χ1v) is 6.39. The van der Waals surface area contributed by atoms with Crippen molar-refractivity contribution in [1.29, 1.82) is 5.26 Å². The summed E-state index contributed by atoms with van der Waals surface area (Å²) >= 11 is 0. The van der Waals surface area contributed by atoms with Gasteiger partial charge in [-0.25, -0.2) is 0 Å². The van der Waals surface area contributed by atoms with Crippen LogP contribution in [0.15, 0.2) is 0 Å². The number of hydrogen-bond acceptors (Lipinski definition) is 3. The number of carbonyl (C=O) groups excluding carboxylic acids is 1. The quantitative estimate of drug-likeness (QED) is 0.795. The molecule has 1 fully saturated rings. The summed E-state index contributed by atoms with van der Waals surface area (Å²) in [7, 11) is 0. The number of amides is 1. The number of nitrogens with zero attached hydrogens (tertiary/aromatic N) is 1. The Bertz CT molecular complexity index is 299. The third-order valence-electron chi connectivity index (χ3n) is 3.89. The molecule has 2 unspecified atom stereocenters. The van der Waals surface area contributed by atoms with Gasteiger partial charge >= 0.3 is 0 Å². The zero-order valence-electron chi connectivity index (χ0n) is 11.0. The zero-order chi connectivity index (χ0) is 12.9. The molecule has 1 rings (SSSR count). The van der Waals surface area contributed by atoms with Crippen molar-refractivity contribution in [3.8, 4) is 6.07 Å². The van der Waals surface area contributed by atoms with Crippen LogP contribution >= 0.6 is 0 Å². The van der Waals surface area contributed by atoms with Crippen LogP contribution in [-0.2, 0) is 9.53 Å². The maximum atomic E-state index is 12.2. The minimum atomic E-state index is -0.867. The average Bonchev–Trinajstić information content (AvgIpc) is 2.85. The lowest BCUT2D eigenvalue weighted by Crippen LogP contribution is -2.46. The summed E-state index contributed by atoms with van der Waals surface area (Å²) in [5, 5.41) is 12.2. The van der Waals surface area contributed by atoms with Gasteiger partial charge in [-0.15, -0.1) is 0 Å². The van der Waals surface area contributed by atoms with E-state index >= 15 is 0 Å². The molecule has 96 valence electrons. The van der Waals surface area contributed by atoms with Crippen LogP contribution in [0.25, 0.3) is 0 Å². The number of nitriles is 1. The summed E-state index contributed by atoms with van der Waals surface area (Å²) in [6, 6.07) is 2.25. The van der Waals surface area contributed by atoms with Gasteiger partial charge in [0, 0.05) is 18.6 Å². The summed E-state index contributed by atoms with van der Waals surface area (Å²) in [6.45, 7) is 7.24. The van der Waals surface area contributed by atoms with Gasteiger partial charge in [0.25, 0.3) is 0 Å². The topological polar surface area (TPSA) is 62.1 Å². The SMILES string of the molecule is CCC(C#N)(CC)C(=O)NC(C)C1CCOC1. The van der Waals surface area contributed by atoms with E-state index in [2.05, 4.69) is 11.4 Å². The predicted molar refractivity (Wildman–Crippen MR) is 65.2 cm³/mol. The van der Waals surface area contributed by atoms with E-state index in [4.69, 9.17) is 4.74 Å². The van der Waals surface area contributed by atoms with Gasteiger partial charge in [0.15, 0.2) is 0 Å². The zero-order valence-corrected chi connectivity index (χ0v) is 11.0. The molecule has 0 radical (unpaired) electrons. The first kappa shape index (κ1) is 14.0. The lowest BCUT2D eigenvalue weighted by atomic mass is 9.82. The van der Waals surface area contributed by atoms with Gasteiger partial charge in [-0.3, -0.25) is 4.79 Å². The average molecular weight is 238 g/mol. The summed E-state index contributed by atoms with van der Waals surface area (Å²) in [5.74, 6) is 0.244. The maximum Gasteiger partial charge on any atom is 0.240 e. The van der Waals surface area contributed by atoms with Gasteiger partial charge < -0.3 is 10.1 Å². The summed E-state index contributed by atoms with van der Waals surface area (Å²) in [6.07, 6.45) is 2.10. The van der Waals surface area contributed by atoms with Crippen LogP contribution in [-0.4, -0.2) is 25.2 Å². The van der Waals surface area contributed by atoms with Crippen molar-refractivity contribution in [3.63, 3.8) is 0 Å². The van der Waals surface area contributed by atoms with Gasteiger partial charge in [-0.05, 0) is 26.2 Å². The van der Waals surface area contributed by atoms with E-state index in [1.807, 2.05) is 20.8 Å². The number of carbonyl (C=O) groups is 1. The first-order valence-electron chi connectivity index (χ1n) is 6.39. The second kappa shape index (κ2) is 6.02. The Morgan fingerprint density at radius 3 is 2.65 bits per heavy atom. The van der Waals surface area contributed by atoms with Crippen LogP contribution < -0.4 is 5.32 Å². The van der Waals surface area contributed by atoms with Crippen LogP contribution in [0.5, 0.6) is 0 Å². The molecule has 4 heteroatoms. The predicted octanol–water partition coefficient (Wildman–Crippen LogP) is 1.86. The van der Waals surface area contributed by atoms with Crippen molar-refractivity contribution < 1.29 is 9.53 Å². The number of nitrogens with one attached hydrogen (secondary N) is 1. The number of ether oxygens (including phenoxy) is 1. The Balaban J connectivity index is 2.61. The third kappa shape index (κ3) is 2.98. The Hall–Kier alpha value is -1.08. The van der Waals surface area contributed by atoms with Crippen LogP contribution in [0.1, 0.15) is 40.0 Å². The van der Waals surface area contributed by atoms with E-state index in [1.54, 1.807) is 0 Å². The fourth-order valence-corrected chi connectivity index (χ4v) is 2.19. The van der Waals surface area contributed by atoms with E-state index in [1.165, 1.54) is 0 Å². The maximum absolute atomic E-state index is 12.2. The highest BCUT2D eigenvalue weighted by atomic mass is 16.5. The normalized spacial score (nSPS) is 21.9. The van der Waals surface area contributed by atoms with Crippen molar-refractivity contribution in [2.24, 2.45) is 11.3 Å². The van der Waals surface area contributed by atoms with Gasteiger partial charge in [0.2, 0.25) is 5.91 Å². The molecule has 0 saturated carbocycles. The Labute approximate surface area is 103 Å². The largest absolute Gasteiger partial charge is 0.381 e.